The first-order valence-corrected chi connectivity index (χ1v) is 6.03. The fourth-order valence-electron chi connectivity index (χ4n) is 1.87. The van der Waals surface area contributed by atoms with Gasteiger partial charge in [0, 0.05) is 17.1 Å². The van der Waals surface area contributed by atoms with Crippen molar-refractivity contribution in [2.75, 3.05) is 13.1 Å². The largest absolute Gasteiger partial charge is 0.300 e. The summed E-state index contributed by atoms with van der Waals surface area (Å²) in [5.41, 5.74) is 1.43. The van der Waals surface area contributed by atoms with Crippen LogP contribution in [0.5, 0.6) is 0 Å². The van der Waals surface area contributed by atoms with Gasteiger partial charge in [-0.2, -0.15) is 0 Å². The lowest BCUT2D eigenvalue weighted by atomic mass is 10.0. The Bertz CT molecular complexity index is 311. The molecule has 76 valence electrons. The second-order valence-electron chi connectivity index (χ2n) is 4.05. The summed E-state index contributed by atoms with van der Waals surface area (Å²) < 4.78 is 1.19. The zero-order valence-electron chi connectivity index (χ0n) is 8.54. The molecule has 1 unspecified atom stereocenters. The van der Waals surface area contributed by atoms with E-state index < -0.39 is 0 Å². The van der Waals surface area contributed by atoms with Crippen molar-refractivity contribution in [2.45, 2.75) is 25.8 Å². The van der Waals surface area contributed by atoms with E-state index in [-0.39, 0.29) is 0 Å². The fraction of sp³-hybridized carbons (Fsp3) is 0.500. The van der Waals surface area contributed by atoms with Crippen molar-refractivity contribution < 1.29 is 0 Å². The van der Waals surface area contributed by atoms with Crippen molar-refractivity contribution in [2.24, 2.45) is 0 Å². The normalized spacial score (nSPS) is 22.0. The Kier molecular flexibility index (Phi) is 3.24. The predicted octanol–water partition coefficient (Wildman–Crippen LogP) is 3.09. The Morgan fingerprint density at radius 1 is 1.50 bits per heavy atom. The van der Waals surface area contributed by atoms with Gasteiger partial charge in [0.2, 0.25) is 0 Å². The molecule has 0 aromatic heterocycles. The molecule has 14 heavy (non-hydrogen) atoms. The quantitative estimate of drug-likeness (QED) is 0.801. The van der Waals surface area contributed by atoms with E-state index in [9.17, 15) is 0 Å². The van der Waals surface area contributed by atoms with Gasteiger partial charge in [-0.1, -0.05) is 28.1 Å². The Balaban J connectivity index is 1.85. The standard InChI is InChI=1S/C12H16BrN/c1-10-5-7-14(10)8-6-11-3-2-4-12(13)9-11/h2-4,9-10H,5-8H2,1H3. The minimum atomic E-state index is 0.808. The minimum Gasteiger partial charge on any atom is -0.300 e. The highest BCUT2D eigenvalue weighted by atomic mass is 79.9. The molecular formula is C12H16BrN. The third-order valence-electron chi connectivity index (χ3n) is 3.03. The first-order chi connectivity index (χ1) is 6.75. The SMILES string of the molecule is CC1CCN1CCc1cccc(Br)c1. The molecule has 1 aromatic rings. The second kappa shape index (κ2) is 4.45. The average molecular weight is 254 g/mol. The van der Waals surface area contributed by atoms with E-state index in [0.29, 0.717) is 0 Å². The number of benzene rings is 1. The zero-order chi connectivity index (χ0) is 9.97. The van der Waals surface area contributed by atoms with Gasteiger partial charge in [-0.15, -0.1) is 0 Å². The van der Waals surface area contributed by atoms with E-state index in [4.69, 9.17) is 0 Å². The van der Waals surface area contributed by atoms with Crippen molar-refractivity contribution in [3.05, 3.63) is 34.3 Å². The Morgan fingerprint density at radius 3 is 2.93 bits per heavy atom. The van der Waals surface area contributed by atoms with Gasteiger partial charge in [-0.05, 0) is 44.0 Å². The molecule has 1 fully saturated rings. The highest BCUT2D eigenvalue weighted by Gasteiger charge is 2.22. The second-order valence-corrected chi connectivity index (χ2v) is 4.97. The first-order valence-electron chi connectivity index (χ1n) is 5.24. The molecule has 1 heterocycles. The average Bonchev–Trinajstić information content (AvgIpc) is 2.16. The summed E-state index contributed by atoms with van der Waals surface area (Å²) in [7, 11) is 0. The molecule has 2 heteroatoms. The summed E-state index contributed by atoms with van der Waals surface area (Å²) in [6.45, 7) is 4.80. The van der Waals surface area contributed by atoms with Crippen LogP contribution in [0.2, 0.25) is 0 Å². The van der Waals surface area contributed by atoms with Crippen LogP contribution < -0.4 is 0 Å². The van der Waals surface area contributed by atoms with Gasteiger partial charge in [0.05, 0.1) is 0 Å². The molecule has 2 rings (SSSR count). The van der Waals surface area contributed by atoms with Crippen LogP contribution >= 0.6 is 15.9 Å². The molecule has 0 N–H and O–H groups in total. The third-order valence-corrected chi connectivity index (χ3v) is 3.53. The summed E-state index contributed by atoms with van der Waals surface area (Å²) in [5.74, 6) is 0. The summed E-state index contributed by atoms with van der Waals surface area (Å²) in [6.07, 6.45) is 2.54. The van der Waals surface area contributed by atoms with E-state index in [1.807, 2.05) is 0 Å². The maximum absolute atomic E-state index is 3.50. The number of halogens is 1. The van der Waals surface area contributed by atoms with Gasteiger partial charge < -0.3 is 4.90 Å². The van der Waals surface area contributed by atoms with E-state index in [1.54, 1.807) is 0 Å². The van der Waals surface area contributed by atoms with Crippen molar-refractivity contribution in [1.29, 1.82) is 0 Å². The molecular weight excluding hydrogens is 238 g/mol. The molecule has 0 aliphatic carbocycles. The number of hydrogen-bond donors (Lipinski definition) is 0. The van der Waals surface area contributed by atoms with Gasteiger partial charge in [0.25, 0.3) is 0 Å². The van der Waals surface area contributed by atoms with E-state index in [1.165, 1.54) is 36.0 Å². The monoisotopic (exact) mass is 253 g/mol. The number of hydrogen-bond acceptors (Lipinski definition) is 1. The van der Waals surface area contributed by atoms with Crippen LogP contribution in [-0.4, -0.2) is 24.0 Å². The molecule has 0 radical (unpaired) electrons. The van der Waals surface area contributed by atoms with E-state index in [2.05, 4.69) is 52.0 Å². The maximum atomic E-state index is 3.50. The molecule has 1 saturated heterocycles. The van der Waals surface area contributed by atoms with Crippen LogP contribution in [0.15, 0.2) is 28.7 Å². The number of rotatable bonds is 3. The summed E-state index contributed by atoms with van der Waals surface area (Å²) in [4.78, 5) is 2.54. The Hall–Kier alpha value is -0.340. The number of nitrogens with zero attached hydrogens (tertiary/aromatic N) is 1. The lowest BCUT2D eigenvalue weighted by Crippen LogP contribution is -2.46. The van der Waals surface area contributed by atoms with Gasteiger partial charge in [0.15, 0.2) is 0 Å². The van der Waals surface area contributed by atoms with E-state index in [0.717, 1.165) is 6.04 Å². The molecule has 1 nitrogen and oxygen atoms in total. The Labute approximate surface area is 94.2 Å². The molecule has 1 atom stereocenters. The maximum Gasteiger partial charge on any atom is 0.0178 e. The van der Waals surface area contributed by atoms with Crippen molar-refractivity contribution >= 4 is 15.9 Å². The van der Waals surface area contributed by atoms with Crippen molar-refractivity contribution in [3.8, 4) is 0 Å². The topological polar surface area (TPSA) is 3.24 Å². The summed E-state index contributed by atoms with van der Waals surface area (Å²) >= 11 is 3.50. The predicted molar refractivity (Wildman–Crippen MR) is 63.5 cm³/mol. The zero-order valence-corrected chi connectivity index (χ0v) is 10.1. The molecule has 1 aliphatic rings. The van der Waals surface area contributed by atoms with Crippen LogP contribution in [-0.2, 0) is 6.42 Å². The van der Waals surface area contributed by atoms with Crippen molar-refractivity contribution in [3.63, 3.8) is 0 Å². The lowest BCUT2D eigenvalue weighted by molar-refractivity contribution is 0.107. The van der Waals surface area contributed by atoms with Crippen LogP contribution in [0.4, 0.5) is 0 Å². The van der Waals surface area contributed by atoms with Crippen LogP contribution in [0.1, 0.15) is 18.9 Å². The van der Waals surface area contributed by atoms with Gasteiger partial charge in [-0.25, -0.2) is 0 Å². The van der Waals surface area contributed by atoms with Crippen LogP contribution in [0.3, 0.4) is 0 Å². The van der Waals surface area contributed by atoms with Crippen molar-refractivity contribution in [1.82, 2.24) is 4.90 Å². The molecule has 0 amide bonds. The Morgan fingerprint density at radius 2 is 2.36 bits per heavy atom. The fourth-order valence-corrected chi connectivity index (χ4v) is 2.31. The molecule has 0 bridgehead atoms. The molecule has 0 saturated carbocycles. The highest BCUT2D eigenvalue weighted by Crippen LogP contribution is 2.18. The molecule has 1 aromatic carbocycles. The summed E-state index contributed by atoms with van der Waals surface area (Å²) in [5, 5.41) is 0. The first kappa shape index (κ1) is 10.2. The van der Waals surface area contributed by atoms with Crippen LogP contribution in [0.25, 0.3) is 0 Å². The third kappa shape index (κ3) is 2.37. The molecule has 1 aliphatic heterocycles. The van der Waals surface area contributed by atoms with Gasteiger partial charge >= 0.3 is 0 Å². The van der Waals surface area contributed by atoms with Gasteiger partial charge in [-0.3, -0.25) is 0 Å². The lowest BCUT2D eigenvalue weighted by Gasteiger charge is -2.38. The molecule has 0 spiro atoms. The smallest absolute Gasteiger partial charge is 0.0178 e. The van der Waals surface area contributed by atoms with Crippen LogP contribution in [0, 0.1) is 0 Å². The minimum absolute atomic E-state index is 0.808. The van der Waals surface area contributed by atoms with E-state index >= 15 is 0 Å². The number of likely N-dealkylation sites (tertiary alicyclic amines) is 1. The summed E-state index contributed by atoms with van der Waals surface area (Å²) in [6, 6.07) is 9.41. The highest BCUT2D eigenvalue weighted by molar-refractivity contribution is 9.10. The van der Waals surface area contributed by atoms with Gasteiger partial charge in [0.1, 0.15) is 0 Å².